The monoisotopic (exact) mass is 458 g/mol. The summed E-state index contributed by atoms with van der Waals surface area (Å²) >= 11 is 2.06. The highest BCUT2D eigenvalue weighted by atomic mass is 35.5. The normalized spacial score (nSPS) is 10.9. The topological polar surface area (TPSA) is 79.6 Å². The minimum Gasteiger partial charge on any atom is -0.302 e. The Labute approximate surface area is 181 Å². The van der Waals surface area contributed by atoms with Crippen LogP contribution in [0.3, 0.4) is 0 Å². The zero-order chi connectivity index (χ0) is 20.3. The fourth-order valence-corrected chi connectivity index (χ4v) is 4.53. The van der Waals surface area contributed by atoms with E-state index in [1.807, 2.05) is 13.8 Å². The largest absolute Gasteiger partial charge is 0.324 e. The number of hydrogen-bond donors (Lipinski definition) is 0. The zero-order valence-electron chi connectivity index (χ0n) is 15.8. The molecule has 11 heteroatoms. The summed E-state index contributed by atoms with van der Waals surface area (Å²) in [4.78, 5) is 31.8. The van der Waals surface area contributed by atoms with Gasteiger partial charge >= 0.3 is 5.00 Å². The predicted molar refractivity (Wildman–Crippen MR) is 117 cm³/mol. The van der Waals surface area contributed by atoms with Gasteiger partial charge in [0.15, 0.2) is 5.13 Å². The van der Waals surface area contributed by atoms with Gasteiger partial charge < -0.3 is 4.90 Å². The van der Waals surface area contributed by atoms with E-state index in [-0.39, 0.29) is 33.7 Å². The SMILES string of the molecule is CCN(CC)CCN(C(=O)c1ccc([N+](=O)[O-])s1)c1nc2c(F)cccc2s1.Cl. The third-order valence-corrected chi connectivity index (χ3v) is 6.42. The Morgan fingerprint density at radius 2 is 1.90 bits per heavy atom. The number of nitrogens with zero attached hydrogens (tertiary/aromatic N) is 4. The Bertz CT molecular complexity index is 1010. The maximum Gasteiger partial charge on any atom is 0.324 e. The van der Waals surface area contributed by atoms with E-state index in [0.717, 1.165) is 24.4 Å². The average Bonchev–Trinajstić information content (AvgIpc) is 3.33. The first-order chi connectivity index (χ1) is 13.4. The third kappa shape index (κ3) is 5.08. The molecule has 0 fully saturated rings. The number of halogens is 2. The first kappa shape index (κ1) is 23.1. The number of hydrogen-bond acceptors (Lipinski definition) is 7. The van der Waals surface area contributed by atoms with Crippen molar-refractivity contribution in [3.8, 4) is 0 Å². The predicted octanol–water partition coefficient (Wildman–Crippen LogP) is 4.82. The number of carbonyl (C=O) groups excluding carboxylic acids is 1. The summed E-state index contributed by atoms with van der Waals surface area (Å²) in [5.74, 6) is -0.812. The number of thiophene rings is 1. The van der Waals surface area contributed by atoms with E-state index in [2.05, 4.69) is 9.88 Å². The number of thiazole rings is 1. The standard InChI is InChI=1S/C18H19FN4O3S2.ClH/c1-3-21(4-2)10-11-22(17(24)14-8-9-15(27-14)23(25)26)18-20-16-12(19)6-5-7-13(16)28-18;/h5-9H,3-4,10-11H2,1-2H3;1H. The van der Waals surface area contributed by atoms with Gasteiger partial charge in [0.1, 0.15) is 11.3 Å². The van der Waals surface area contributed by atoms with Gasteiger partial charge in [-0.1, -0.05) is 42.6 Å². The van der Waals surface area contributed by atoms with Crippen molar-refractivity contribution < 1.29 is 14.1 Å². The fourth-order valence-electron chi connectivity index (χ4n) is 2.76. The average molecular weight is 459 g/mol. The van der Waals surface area contributed by atoms with Crippen LogP contribution in [-0.2, 0) is 0 Å². The van der Waals surface area contributed by atoms with Crippen LogP contribution in [0.15, 0.2) is 30.3 Å². The molecule has 3 aromatic rings. The molecular formula is C18H20ClFN4O3S2. The van der Waals surface area contributed by atoms with Crippen molar-refractivity contribution in [2.75, 3.05) is 31.1 Å². The molecule has 7 nitrogen and oxygen atoms in total. The number of likely N-dealkylation sites (N-methyl/N-ethyl adjacent to an activating group) is 1. The number of aromatic nitrogens is 1. The molecule has 0 N–H and O–H groups in total. The summed E-state index contributed by atoms with van der Waals surface area (Å²) in [7, 11) is 0. The van der Waals surface area contributed by atoms with E-state index in [9.17, 15) is 19.3 Å². The smallest absolute Gasteiger partial charge is 0.302 e. The number of anilines is 1. The number of nitro groups is 1. The van der Waals surface area contributed by atoms with Gasteiger partial charge in [-0.05, 0) is 31.3 Å². The summed E-state index contributed by atoms with van der Waals surface area (Å²) in [5.41, 5.74) is 0.222. The number of para-hydroxylation sites is 1. The van der Waals surface area contributed by atoms with Gasteiger partial charge in [-0.15, -0.1) is 12.4 Å². The number of fused-ring (bicyclic) bond motifs is 1. The molecule has 3 rings (SSSR count). The fraction of sp³-hybridized carbons (Fsp3) is 0.333. The van der Waals surface area contributed by atoms with Gasteiger partial charge in [-0.25, -0.2) is 9.37 Å². The molecular weight excluding hydrogens is 439 g/mol. The second kappa shape index (κ2) is 10.1. The number of benzene rings is 1. The van der Waals surface area contributed by atoms with Crippen LogP contribution in [0.4, 0.5) is 14.5 Å². The number of rotatable bonds is 8. The van der Waals surface area contributed by atoms with Crippen molar-refractivity contribution in [1.82, 2.24) is 9.88 Å². The maximum absolute atomic E-state index is 14.1. The molecule has 0 atom stereocenters. The molecule has 0 bridgehead atoms. The lowest BCUT2D eigenvalue weighted by molar-refractivity contribution is -0.380. The highest BCUT2D eigenvalue weighted by molar-refractivity contribution is 7.22. The Hall–Kier alpha value is -2.14. The molecule has 1 aromatic carbocycles. The summed E-state index contributed by atoms with van der Waals surface area (Å²) in [6.07, 6.45) is 0. The van der Waals surface area contributed by atoms with Crippen molar-refractivity contribution >= 4 is 61.3 Å². The first-order valence-electron chi connectivity index (χ1n) is 8.78. The zero-order valence-corrected chi connectivity index (χ0v) is 18.3. The van der Waals surface area contributed by atoms with Crippen molar-refractivity contribution in [3.05, 3.63) is 51.1 Å². The Morgan fingerprint density at radius 1 is 1.17 bits per heavy atom. The van der Waals surface area contributed by atoms with Crippen LogP contribution in [0.5, 0.6) is 0 Å². The van der Waals surface area contributed by atoms with Gasteiger partial charge in [0.2, 0.25) is 0 Å². The summed E-state index contributed by atoms with van der Waals surface area (Å²) in [6.45, 7) is 6.70. The Kier molecular flexibility index (Phi) is 8.03. The van der Waals surface area contributed by atoms with Crippen LogP contribution in [-0.4, -0.2) is 46.9 Å². The van der Waals surface area contributed by atoms with E-state index < -0.39 is 10.7 Å². The minimum absolute atomic E-state index is 0. The van der Waals surface area contributed by atoms with Crippen molar-refractivity contribution in [1.29, 1.82) is 0 Å². The van der Waals surface area contributed by atoms with E-state index >= 15 is 0 Å². The van der Waals surface area contributed by atoms with E-state index in [0.29, 0.717) is 22.9 Å². The minimum atomic E-state index is -0.519. The highest BCUT2D eigenvalue weighted by Gasteiger charge is 2.25. The Morgan fingerprint density at radius 3 is 2.48 bits per heavy atom. The molecule has 0 saturated heterocycles. The van der Waals surface area contributed by atoms with E-state index in [1.54, 1.807) is 12.1 Å². The number of carbonyl (C=O) groups is 1. The van der Waals surface area contributed by atoms with Crippen LogP contribution in [0.1, 0.15) is 23.5 Å². The summed E-state index contributed by atoms with van der Waals surface area (Å²) < 4.78 is 14.7. The second-order valence-electron chi connectivity index (χ2n) is 5.96. The van der Waals surface area contributed by atoms with Crippen LogP contribution >= 0.6 is 35.1 Å². The summed E-state index contributed by atoms with van der Waals surface area (Å²) in [5, 5.41) is 11.2. The van der Waals surface area contributed by atoms with Crippen molar-refractivity contribution in [2.24, 2.45) is 0 Å². The molecule has 2 heterocycles. The Balaban J connectivity index is 0.00000300. The van der Waals surface area contributed by atoms with Gasteiger partial charge in [0.05, 0.1) is 14.5 Å². The van der Waals surface area contributed by atoms with E-state index in [1.165, 1.54) is 34.4 Å². The van der Waals surface area contributed by atoms with Gasteiger partial charge in [0.25, 0.3) is 5.91 Å². The molecule has 0 unspecified atom stereocenters. The molecule has 0 aliphatic heterocycles. The molecule has 0 radical (unpaired) electrons. The molecule has 0 aliphatic rings. The molecule has 0 saturated carbocycles. The van der Waals surface area contributed by atoms with Crippen molar-refractivity contribution in [2.45, 2.75) is 13.8 Å². The van der Waals surface area contributed by atoms with Crippen LogP contribution in [0.2, 0.25) is 0 Å². The molecule has 29 heavy (non-hydrogen) atoms. The quantitative estimate of drug-likeness (QED) is 0.357. The molecule has 0 spiro atoms. The molecule has 1 amide bonds. The van der Waals surface area contributed by atoms with E-state index in [4.69, 9.17) is 0 Å². The van der Waals surface area contributed by atoms with Crippen LogP contribution < -0.4 is 4.90 Å². The summed E-state index contributed by atoms with van der Waals surface area (Å²) in [6, 6.07) is 7.45. The highest BCUT2D eigenvalue weighted by Crippen LogP contribution is 2.32. The molecule has 0 aliphatic carbocycles. The lowest BCUT2D eigenvalue weighted by atomic mass is 10.3. The lowest BCUT2D eigenvalue weighted by Gasteiger charge is -2.24. The second-order valence-corrected chi connectivity index (χ2v) is 8.03. The van der Waals surface area contributed by atoms with Gasteiger partial charge in [0, 0.05) is 19.2 Å². The lowest BCUT2D eigenvalue weighted by Crippen LogP contribution is -2.38. The maximum atomic E-state index is 14.1. The molecule has 2 aromatic heterocycles. The third-order valence-electron chi connectivity index (χ3n) is 4.35. The van der Waals surface area contributed by atoms with Crippen LogP contribution in [0.25, 0.3) is 10.2 Å². The first-order valence-corrected chi connectivity index (χ1v) is 10.4. The van der Waals surface area contributed by atoms with Crippen molar-refractivity contribution in [3.63, 3.8) is 0 Å². The molecule has 156 valence electrons. The van der Waals surface area contributed by atoms with Crippen LogP contribution in [0, 0.1) is 15.9 Å². The van der Waals surface area contributed by atoms with Gasteiger partial charge in [-0.2, -0.15) is 0 Å². The van der Waals surface area contributed by atoms with Gasteiger partial charge in [-0.3, -0.25) is 19.8 Å². The number of amides is 1.